The van der Waals surface area contributed by atoms with Gasteiger partial charge in [-0.1, -0.05) is 36.7 Å². The van der Waals surface area contributed by atoms with E-state index < -0.39 is 5.97 Å². The topological polar surface area (TPSA) is 64.2 Å². The summed E-state index contributed by atoms with van der Waals surface area (Å²) in [7, 11) is 0. The molecule has 0 aliphatic rings. The molecule has 2 heterocycles. The monoisotopic (exact) mass is 422 g/mol. The number of fused-ring (bicyclic) bond motifs is 3. The van der Waals surface area contributed by atoms with Crippen LogP contribution in [0.2, 0.25) is 5.02 Å². The fraction of sp³-hybridized carbons (Fsp3) is 0.250. The molecule has 0 spiro atoms. The molecule has 2 aromatic heterocycles. The number of aromatic nitrogens is 2. The summed E-state index contributed by atoms with van der Waals surface area (Å²) < 4.78 is 11.6. The van der Waals surface area contributed by atoms with Crippen molar-refractivity contribution in [3.05, 3.63) is 70.5 Å². The molecule has 6 heteroatoms. The Morgan fingerprint density at radius 3 is 2.67 bits per heavy atom. The number of H-pyrrole nitrogens is 1. The second-order valence-corrected chi connectivity index (χ2v) is 7.50. The third-order valence-corrected chi connectivity index (χ3v) is 5.40. The fourth-order valence-electron chi connectivity index (χ4n) is 3.81. The van der Waals surface area contributed by atoms with Gasteiger partial charge in [0.1, 0.15) is 11.9 Å². The Balaban J connectivity index is 1.87. The molecule has 0 amide bonds. The molecule has 0 fully saturated rings. The van der Waals surface area contributed by atoms with E-state index >= 15 is 0 Å². The summed E-state index contributed by atoms with van der Waals surface area (Å²) >= 11 is 6.15. The molecule has 1 atom stereocenters. The van der Waals surface area contributed by atoms with E-state index in [1.54, 1.807) is 13.1 Å². The predicted octanol–water partition coefficient (Wildman–Crippen LogP) is 6.25. The van der Waals surface area contributed by atoms with Crippen LogP contribution < -0.4 is 4.74 Å². The number of rotatable bonds is 6. The van der Waals surface area contributed by atoms with E-state index in [0.29, 0.717) is 23.7 Å². The van der Waals surface area contributed by atoms with Crippen LogP contribution in [0.5, 0.6) is 5.75 Å². The van der Waals surface area contributed by atoms with Gasteiger partial charge in [-0.15, -0.1) is 0 Å². The third kappa shape index (κ3) is 3.61. The molecule has 154 valence electrons. The lowest BCUT2D eigenvalue weighted by Crippen LogP contribution is -2.10. The van der Waals surface area contributed by atoms with Crippen molar-refractivity contribution >= 4 is 39.4 Å². The maximum atomic E-state index is 12.5. The zero-order valence-corrected chi connectivity index (χ0v) is 17.9. The van der Waals surface area contributed by atoms with E-state index in [1.165, 1.54) is 0 Å². The number of aromatic amines is 1. The van der Waals surface area contributed by atoms with Crippen LogP contribution in [0.15, 0.2) is 48.7 Å². The molecule has 0 bridgehead atoms. The highest BCUT2D eigenvalue weighted by Crippen LogP contribution is 2.38. The number of nitrogens with one attached hydrogen (secondary N) is 1. The first-order valence-corrected chi connectivity index (χ1v) is 10.4. The molecule has 1 unspecified atom stereocenters. The average Bonchev–Trinajstić information content (AvgIpc) is 3.12. The van der Waals surface area contributed by atoms with Gasteiger partial charge in [-0.25, -0.2) is 9.78 Å². The quantitative estimate of drug-likeness (QED) is 0.373. The Hall–Kier alpha value is -3.05. The Morgan fingerprint density at radius 1 is 1.13 bits per heavy atom. The van der Waals surface area contributed by atoms with Crippen molar-refractivity contribution in [1.82, 2.24) is 9.97 Å². The van der Waals surface area contributed by atoms with Crippen LogP contribution in [-0.4, -0.2) is 22.5 Å². The van der Waals surface area contributed by atoms with Gasteiger partial charge in [0.15, 0.2) is 5.69 Å². The molecule has 30 heavy (non-hydrogen) atoms. The maximum absolute atomic E-state index is 12.5. The Kier molecular flexibility index (Phi) is 5.64. The highest BCUT2D eigenvalue weighted by atomic mass is 35.5. The predicted molar refractivity (Wildman–Crippen MR) is 119 cm³/mol. The molecule has 1 N–H and O–H groups in total. The minimum Gasteiger partial charge on any atom is -0.485 e. The second kappa shape index (κ2) is 8.36. The number of ether oxygens (including phenoxy) is 2. The summed E-state index contributed by atoms with van der Waals surface area (Å²) in [6.45, 7) is 6.10. The smallest absolute Gasteiger partial charge is 0.357 e. The summed E-state index contributed by atoms with van der Waals surface area (Å²) in [5.74, 6) is 0.332. The van der Waals surface area contributed by atoms with Gasteiger partial charge < -0.3 is 14.5 Å². The second-order valence-electron chi connectivity index (χ2n) is 7.07. The SMILES string of the molecule is CCOC(=O)c1ncc2[nH]c3cccc(OC(C)c4cccc(Cl)c4)c3c2c1CC. The van der Waals surface area contributed by atoms with Crippen molar-refractivity contribution in [2.24, 2.45) is 0 Å². The minimum absolute atomic E-state index is 0.198. The molecule has 5 nitrogen and oxygen atoms in total. The van der Waals surface area contributed by atoms with Gasteiger partial charge in [0, 0.05) is 15.8 Å². The zero-order valence-electron chi connectivity index (χ0n) is 17.2. The van der Waals surface area contributed by atoms with Gasteiger partial charge in [0.25, 0.3) is 0 Å². The molecular formula is C24H23ClN2O3. The first-order chi connectivity index (χ1) is 14.5. The first-order valence-electron chi connectivity index (χ1n) is 10.0. The largest absolute Gasteiger partial charge is 0.485 e. The van der Waals surface area contributed by atoms with Crippen LogP contribution in [0.1, 0.15) is 48.5 Å². The summed E-state index contributed by atoms with van der Waals surface area (Å²) in [5, 5.41) is 2.55. The van der Waals surface area contributed by atoms with Crippen LogP contribution in [0, 0.1) is 0 Å². The molecule has 4 aromatic rings. The van der Waals surface area contributed by atoms with E-state index in [-0.39, 0.29) is 6.10 Å². The highest BCUT2D eigenvalue weighted by Gasteiger charge is 2.21. The number of carbonyl (C=O) groups excluding carboxylic acids is 1. The molecule has 2 aromatic carbocycles. The van der Waals surface area contributed by atoms with E-state index in [0.717, 1.165) is 38.7 Å². The summed E-state index contributed by atoms with van der Waals surface area (Å²) in [6, 6.07) is 13.5. The molecule has 4 rings (SSSR count). The number of halogens is 1. The van der Waals surface area contributed by atoms with Crippen LogP contribution >= 0.6 is 11.6 Å². The Bertz CT molecular complexity index is 1230. The normalized spacial score (nSPS) is 12.3. The number of nitrogens with zero attached hydrogens (tertiary/aromatic N) is 1. The van der Waals surface area contributed by atoms with Crippen molar-refractivity contribution in [2.75, 3.05) is 6.61 Å². The van der Waals surface area contributed by atoms with Crippen LogP contribution in [0.3, 0.4) is 0 Å². The van der Waals surface area contributed by atoms with Gasteiger partial charge in [-0.3, -0.25) is 0 Å². The number of benzene rings is 2. The maximum Gasteiger partial charge on any atom is 0.357 e. The van der Waals surface area contributed by atoms with Gasteiger partial charge in [0.05, 0.1) is 23.8 Å². The summed E-state index contributed by atoms with van der Waals surface area (Å²) in [4.78, 5) is 20.2. The summed E-state index contributed by atoms with van der Waals surface area (Å²) in [6.07, 6.45) is 2.13. The number of carbonyl (C=O) groups is 1. The average molecular weight is 423 g/mol. The molecule has 0 saturated heterocycles. The van der Waals surface area contributed by atoms with Crippen LogP contribution in [0.4, 0.5) is 0 Å². The van der Waals surface area contributed by atoms with Crippen molar-refractivity contribution < 1.29 is 14.3 Å². The van der Waals surface area contributed by atoms with Crippen molar-refractivity contribution in [2.45, 2.75) is 33.3 Å². The van der Waals surface area contributed by atoms with Gasteiger partial charge >= 0.3 is 5.97 Å². The highest BCUT2D eigenvalue weighted by molar-refractivity contribution is 6.30. The number of hydrogen-bond acceptors (Lipinski definition) is 4. The standard InChI is InChI=1S/C24H23ClN2O3/c1-4-17-21-19(13-26-23(17)24(28)29-5-2)27-18-10-7-11-20(22(18)21)30-14(3)15-8-6-9-16(25)12-15/h6-14,27H,4-5H2,1-3H3. The number of hydrogen-bond donors (Lipinski definition) is 1. The first kappa shape index (κ1) is 20.2. The van der Waals surface area contributed by atoms with Crippen LogP contribution in [-0.2, 0) is 11.2 Å². The Labute approximate surface area is 180 Å². The lowest BCUT2D eigenvalue weighted by molar-refractivity contribution is 0.0518. The van der Waals surface area contributed by atoms with E-state index in [9.17, 15) is 4.79 Å². The van der Waals surface area contributed by atoms with E-state index in [1.807, 2.05) is 56.3 Å². The molecular weight excluding hydrogens is 400 g/mol. The molecule has 0 aliphatic heterocycles. The van der Waals surface area contributed by atoms with Crippen LogP contribution in [0.25, 0.3) is 21.8 Å². The Morgan fingerprint density at radius 2 is 1.93 bits per heavy atom. The van der Waals surface area contributed by atoms with Crippen molar-refractivity contribution in [3.63, 3.8) is 0 Å². The number of esters is 1. The zero-order chi connectivity index (χ0) is 21.3. The minimum atomic E-state index is -0.406. The van der Waals surface area contributed by atoms with E-state index in [2.05, 4.69) is 9.97 Å². The molecule has 0 aliphatic carbocycles. The molecule has 0 radical (unpaired) electrons. The number of pyridine rings is 1. The van der Waals surface area contributed by atoms with Crippen molar-refractivity contribution in [3.8, 4) is 5.75 Å². The third-order valence-electron chi connectivity index (χ3n) is 5.17. The lowest BCUT2D eigenvalue weighted by Gasteiger charge is -2.17. The van der Waals surface area contributed by atoms with E-state index in [4.69, 9.17) is 21.1 Å². The van der Waals surface area contributed by atoms with Gasteiger partial charge in [-0.05, 0) is 55.7 Å². The van der Waals surface area contributed by atoms with Gasteiger partial charge in [0.2, 0.25) is 0 Å². The fourth-order valence-corrected chi connectivity index (χ4v) is 4.01. The summed E-state index contributed by atoms with van der Waals surface area (Å²) in [5.41, 5.74) is 3.98. The molecule has 0 saturated carbocycles. The van der Waals surface area contributed by atoms with Crippen molar-refractivity contribution in [1.29, 1.82) is 0 Å². The lowest BCUT2D eigenvalue weighted by atomic mass is 10.0. The van der Waals surface area contributed by atoms with Gasteiger partial charge in [-0.2, -0.15) is 0 Å². The number of aryl methyl sites for hydroxylation is 1.